The van der Waals surface area contributed by atoms with Crippen LogP contribution in [0.1, 0.15) is 5.56 Å². The second-order valence-corrected chi connectivity index (χ2v) is 8.39. The quantitative estimate of drug-likeness (QED) is 0.677. The number of carboxylic acid groups (broad SMARTS) is 1. The number of halogens is 4. The summed E-state index contributed by atoms with van der Waals surface area (Å²) >= 11 is 6.92. The van der Waals surface area contributed by atoms with Gasteiger partial charge >= 0.3 is 12.1 Å². The molecule has 0 bridgehead atoms. The lowest BCUT2D eigenvalue weighted by Gasteiger charge is -2.24. The van der Waals surface area contributed by atoms with Crippen molar-refractivity contribution in [2.24, 2.45) is 0 Å². The number of alkyl halides is 3. The highest BCUT2D eigenvalue weighted by atomic mass is 35.5. The number of nitrogens with zero attached hydrogens (tertiary/aromatic N) is 1. The fourth-order valence-electron chi connectivity index (χ4n) is 2.20. The van der Waals surface area contributed by atoms with E-state index in [1.807, 2.05) is 0 Å². The van der Waals surface area contributed by atoms with Crippen LogP contribution in [0, 0.1) is 0 Å². The van der Waals surface area contributed by atoms with Gasteiger partial charge in [0.15, 0.2) is 0 Å². The van der Waals surface area contributed by atoms with Gasteiger partial charge in [-0.15, -0.1) is 11.8 Å². The van der Waals surface area contributed by atoms with Crippen LogP contribution in [0.2, 0.25) is 5.02 Å². The van der Waals surface area contributed by atoms with Gasteiger partial charge in [0.2, 0.25) is 0 Å². The molecule has 146 valence electrons. The summed E-state index contributed by atoms with van der Waals surface area (Å²) in [6, 6.07) is 7.96. The molecule has 0 atom stereocenters. The van der Waals surface area contributed by atoms with Crippen LogP contribution in [0.4, 0.5) is 18.9 Å². The Balaban J connectivity index is 2.59. The highest BCUT2D eigenvalue weighted by Gasteiger charge is 2.35. The smallest absolute Gasteiger partial charge is 0.417 e. The third-order valence-corrected chi connectivity index (χ3v) is 6.33. The van der Waals surface area contributed by atoms with Crippen LogP contribution < -0.4 is 4.31 Å². The Morgan fingerprint density at radius 3 is 2.26 bits per heavy atom. The van der Waals surface area contributed by atoms with Crippen LogP contribution in [0.15, 0.2) is 52.3 Å². The topological polar surface area (TPSA) is 74.7 Å². The summed E-state index contributed by atoms with van der Waals surface area (Å²) in [6.07, 6.45) is -3.04. The Labute approximate surface area is 162 Å². The van der Waals surface area contributed by atoms with Crippen molar-refractivity contribution in [1.82, 2.24) is 0 Å². The first-order valence-electron chi connectivity index (χ1n) is 7.22. The fourth-order valence-corrected chi connectivity index (χ4v) is 4.24. The SMILES string of the molecule is CSc1ccc(S(=O)(=O)N(CC(=O)O)c2ccc(Cl)c(C(F)(F)F)c2)cc1. The first-order chi connectivity index (χ1) is 12.5. The van der Waals surface area contributed by atoms with E-state index in [1.54, 1.807) is 6.26 Å². The van der Waals surface area contributed by atoms with Crippen molar-refractivity contribution in [2.45, 2.75) is 16.0 Å². The lowest BCUT2D eigenvalue weighted by Crippen LogP contribution is -2.36. The zero-order valence-electron chi connectivity index (χ0n) is 13.7. The number of hydrogen-bond donors (Lipinski definition) is 1. The highest BCUT2D eigenvalue weighted by Crippen LogP contribution is 2.38. The molecular weight excluding hydrogens is 427 g/mol. The zero-order valence-corrected chi connectivity index (χ0v) is 16.1. The van der Waals surface area contributed by atoms with E-state index < -0.39 is 45.0 Å². The first kappa shape index (κ1) is 21.4. The van der Waals surface area contributed by atoms with E-state index in [4.69, 9.17) is 16.7 Å². The molecule has 0 aliphatic rings. The number of aliphatic carboxylic acids is 1. The predicted octanol–water partition coefficient (Wildman–Crippen LogP) is 4.36. The summed E-state index contributed by atoms with van der Waals surface area (Å²) in [5.74, 6) is -1.53. The van der Waals surface area contributed by atoms with E-state index >= 15 is 0 Å². The maximum Gasteiger partial charge on any atom is 0.417 e. The highest BCUT2D eigenvalue weighted by molar-refractivity contribution is 7.98. The number of carboxylic acids is 1. The fraction of sp³-hybridized carbons (Fsp3) is 0.188. The molecular formula is C16H13ClF3NO4S2. The van der Waals surface area contributed by atoms with Crippen LogP contribution in [-0.4, -0.2) is 32.3 Å². The molecule has 5 nitrogen and oxygen atoms in total. The van der Waals surface area contributed by atoms with Crippen molar-refractivity contribution in [1.29, 1.82) is 0 Å². The average Bonchev–Trinajstić information content (AvgIpc) is 2.59. The third kappa shape index (κ3) is 4.88. The second-order valence-electron chi connectivity index (χ2n) is 5.24. The van der Waals surface area contributed by atoms with E-state index in [9.17, 15) is 26.4 Å². The summed E-state index contributed by atoms with van der Waals surface area (Å²) in [6.45, 7) is -1.05. The molecule has 27 heavy (non-hydrogen) atoms. The van der Waals surface area contributed by atoms with E-state index in [-0.39, 0.29) is 4.90 Å². The van der Waals surface area contributed by atoms with Gasteiger partial charge in [-0.25, -0.2) is 8.42 Å². The van der Waals surface area contributed by atoms with Gasteiger partial charge in [0, 0.05) is 4.90 Å². The van der Waals surface area contributed by atoms with Crippen LogP contribution in [0.5, 0.6) is 0 Å². The molecule has 0 saturated heterocycles. The molecule has 1 N–H and O–H groups in total. The number of sulfonamides is 1. The number of benzene rings is 2. The van der Waals surface area contributed by atoms with E-state index in [0.717, 1.165) is 17.0 Å². The Kier molecular flexibility index (Phi) is 6.33. The van der Waals surface area contributed by atoms with E-state index in [0.29, 0.717) is 10.4 Å². The molecule has 0 aliphatic carbocycles. The molecule has 0 fully saturated rings. The third-order valence-electron chi connectivity index (χ3n) is 3.47. The van der Waals surface area contributed by atoms with Crippen molar-refractivity contribution in [3.63, 3.8) is 0 Å². The molecule has 0 aromatic heterocycles. The first-order valence-corrected chi connectivity index (χ1v) is 10.3. The monoisotopic (exact) mass is 439 g/mol. The van der Waals surface area contributed by atoms with Gasteiger partial charge in [-0.1, -0.05) is 11.6 Å². The molecule has 0 amide bonds. The second kappa shape index (κ2) is 7.99. The molecule has 0 saturated carbocycles. The van der Waals surface area contributed by atoms with E-state index in [2.05, 4.69) is 0 Å². The Morgan fingerprint density at radius 2 is 1.78 bits per heavy atom. The molecule has 2 aromatic carbocycles. The van der Waals surface area contributed by atoms with Gasteiger partial charge in [-0.05, 0) is 48.7 Å². The average molecular weight is 440 g/mol. The van der Waals surface area contributed by atoms with E-state index in [1.165, 1.54) is 36.0 Å². The number of carbonyl (C=O) groups is 1. The number of rotatable bonds is 6. The number of hydrogen-bond acceptors (Lipinski definition) is 4. The molecule has 2 rings (SSSR count). The minimum absolute atomic E-state index is 0.245. The minimum Gasteiger partial charge on any atom is -0.480 e. The van der Waals surface area contributed by atoms with Crippen LogP contribution >= 0.6 is 23.4 Å². The maximum atomic E-state index is 13.1. The molecule has 0 aliphatic heterocycles. The van der Waals surface area contributed by atoms with Gasteiger partial charge in [-0.3, -0.25) is 9.10 Å². The Morgan fingerprint density at radius 1 is 1.19 bits per heavy atom. The van der Waals surface area contributed by atoms with Gasteiger partial charge in [0.25, 0.3) is 10.0 Å². The zero-order chi connectivity index (χ0) is 20.4. The van der Waals surface area contributed by atoms with Crippen molar-refractivity contribution in [3.05, 3.63) is 53.1 Å². The minimum atomic E-state index is -4.83. The molecule has 0 spiro atoms. The number of anilines is 1. The summed E-state index contributed by atoms with van der Waals surface area (Å²) < 4.78 is 65.4. The number of thioether (sulfide) groups is 1. The van der Waals surface area contributed by atoms with Gasteiger partial charge in [0.1, 0.15) is 6.54 Å². The molecule has 0 radical (unpaired) electrons. The van der Waals surface area contributed by atoms with Gasteiger partial charge in [0.05, 0.1) is 21.2 Å². The summed E-state index contributed by atoms with van der Waals surface area (Å²) in [5, 5.41) is 8.44. The van der Waals surface area contributed by atoms with Crippen molar-refractivity contribution >= 4 is 45.0 Å². The summed E-state index contributed by atoms with van der Waals surface area (Å²) in [7, 11) is -4.42. The van der Waals surface area contributed by atoms with Crippen molar-refractivity contribution in [3.8, 4) is 0 Å². The van der Waals surface area contributed by atoms with Crippen molar-refractivity contribution in [2.75, 3.05) is 17.1 Å². The predicted molar refractivity (Wildman–Crippen MR) is 96.8 cm³/mol. The Bertz CT molecular complexity index is 947. The molecule has 0 heterocycles. The molecule has 2 aromatic rings. The van der Waals surface area contributed by atoms with Gasteiger partial charge < -0.3 is 5.11 Å². The van der Waals surface area contributed by atoms with Gasteiger partial charge in [-0.2, -0.15) is 13.2 Å². The molecule has 0 unspecified atom stereocenters. The lowest BCUT2D eigenvalue weighted by molar-refractivity contribution is -0.137. The Hall–Kier alpha value is -1.91. The van der Waals surface area contributed by atoms with Crippen LogP contribution in [0.3, 0.4) is 0 Å². The van der Waals surface area contributed by atoms with Crippen LogP contribution in [-0.2, 0) is 21.0 Å². The maximum absolute atomic E-state index is 13.1. The normalized spacial score (nSPS) is 12.0. The summed E-state index contributed by atoms with van der Waals surface area (Å²) in [4.78, 5) is 11.7. The van der Waals surface area contributed by atoms with Crippen molar-refractivity contribution < 1.29 is 31.5 Å². The molecule has 11 heteroatoms. The standard InChI is InChI=1S/C16H13ClF3NO4S2/c1-26-11-3-5-12(6-4-11)27(24,25)21(9-15(22)23)10-2-7-14(17)13(8-10)16(18,19)20/h2-8H,9H2,1H3,(H,22,23). The lowest BCUT2D eigenvalue weighted by atomic mass is 10.2. The largest absolute Gasteiger partial charge is 0.480 e. The van der Waals surface area contributed by atoms with Crippen LogP contribution in [0.25, 0.3) is 0 Å². The summed E-state index contributed by atoms with van der Waals surface area (Å²) in [5.41, 5.74) is -1.71.